The summed E-state index contributed by atoms with van der Waals surface area (Å²) in [6, 6.07) is 12.3. The monoisotopic (exact) mass is 675 g/mol. The molecule has 45 heavy (non-hydrogen) atoms. The number of rotatable bonds is 6. The van der Waals surface area contributed by atoms with Crippen LogP contribution in [-0.2, 0) is 37.1 Å². The van der Waals surface area contributed by atoms with Gasteiger partial charge in [0.05, 0.1) is 27.1 Å². The lowest BCUT2D eigenvalue weighted by molar-refractivity contribution is -0.137. The molecule has 0 spiro atoms. The van der Waals surface area contributed by atoms with Crippen LogP contribution >= 0.6 is 23.1 Å². The van der Waals surface area contributed by atoms with Crippen molar-refractivity contribution in [2.75, 3.05) is 10.2 Å². The molecule has 2 aliphatic heterocycles. The molecule has 0 radical (unpaired) electrons. The molecule has 17 heteroatoms. The first-order chi connectivity index (χ1) is 21.2. The van der Waals surface area contributed by atoms with E-state index in [0.717, 1.165) is 46.2 Å². The Morgan fingerprint density at radius 2 is 1.76 bits per heavy atom. The fourth-order valence-corrected chi connectivity index (χ4v) is 8.61. The number of hydrogen-bond acceptors (Lipinski definition) is 9. The summed E-state index contributed by atoms with van der Waals surface area (Å²) in [5, 5.41) is 6.83. The summed E-state index contributed by atoms with van der Waals surface area (Å²) < 4.78 is 64.6. The summed E-state index contributed by atoms with van der Waals surface area (Å²) >= 11 is 1.70. The predicted octanol–water partition coefficient (Wildman–Crippen LogP) is 3.41. The number of sulfonamides is 1. The quantitative estimate of drug-likeness (QED) is 0.294. The second-order valence-electron chi connectivity index (χ2n) is 10.1. The summed E-state index contributed by atoms with van der Waals surface area (Å²) in [4.78, 5) is 58.4. The first-order valence-corrected chi connectivity index (χ1v) is 16.3. The SMILES string of the molecule is NS(=O)(=O)c1ccc(NC(=O)Cn2c3c(sc2=O)C(c2cccnc2)C2C(=O)N(c4cccc(C(F)(F)F)c4)C(=O)C2S3)cc1. The van der Waals surface area contributed by atoms with Crippen molar-refractivity contribution in [3.05, 3.63) is 98.7 Å². The van der Waals surface area contributed by atoms with E-state index in [9.17, 15) is 40.8 Å². The molecular weight excluding hydrogens is 656 g/mol. The van der Waals surface area contributed by atoms with E-state index in [2.05, 4.69) is 10.3 Å². The fraction of sp³-hybridized carbons (Fsp3) is 0.179. The number of alkyl halides is 3. The largest absolute Gasteiger partial charge is 0.416 e. The van der Waals surface area contributed by atoms with Crippen LogP contribution in [0.15, 0.2) is 87.8 Å². The topological polar surface area (TPSA) is 162 Å². The maximum absolute atomic E-state index is 13.9. The van der Waals surface area contributed by atoms with Crippen LogP contribution in [0, 0.1) is 5.92 Å². The van der Waals surface area contributed by atoms with Crippen molar-refractivity contribution >= 4 is 62.2 Å². The predicted molar refractivity (Wildman–Crippen MR) is 158 cm³/mol. The fourth-order valence-electron chi connectivity index (χ4n) is 5.32. The number of thioether (sulfide) groups is 1. The van der Waals surface area contributed by atoms with E-state index in [0.29, 0.717) is 10.4 Å². The number of anilines is 2. The third-order valence-electron chi connectivity index (χ3n) is 7.29. The summed E-state index contributed by atoms with van der Waals surface area (Å²) in [7, 11) is -3.95. The van der Waals surface area contributed by atoms with Crippen molar-refractivity contribution in [3.8, 4) is 0 Å². The average molecular weight is 676 g/mol. The minimum Gasteiger partial charge on any atom is -0.325 e. The van der Waals surface area contributed by atoms with E-state index in [4.69, 9.17) is 5.14 Å². The number of hydrogen-bond donors (Lipinski definition) is 2. The third-order valence-corrected chi connectivity index (χ3v) is 10.8. The number of nitrogens with zero attached hydrogens (tertiary/aromatic N) is 3. The van der Waals surface area contributed by atoms with Gasteiger partial charge in [0.2, 0.25) is 27.7 Å². The van der Waals surface area contributed by atoms with Gasteiger partial charge in [0, 0.05) is 28.9 Å². The Hall–Kier alpha value is -4.32. The van der Waals surface area contributed by atoms with Crippen molar-refractivity contribution in [2.24, 2.45) is 11.1 Å². The van der Waals surface area contributed by atoms with Crippen molar-refractivity contribution in [3.63, 3.8) is 0 Å². The molecular formula is C28H20F3N5O6S3. The number of primary sulfonamides is 1. The van der Waals surface area contributed by atoms with Crippen molar-refractivity contribution in [1.29, 1.82) is 0 Å². The van der Waals surface area contributed by atoms with Gasteiger partial charge in [0.1, 0.15) is 11.8 Å². The van der Waals surface area contributed by atoms with Gasteiger partial charge in [-0.1, -0.05) is 35.2 Å². The molecule has 11 nitrogen and oxygen atoms in total. The van der Waals surface area contributed by atoms with Gasteiger partial charge in [-0.05, 0) is 54.1 Å². The zero-order chi connectivity index (χ0) is 32.3. The van der Waals surface area contributed by atoms with Gasteiger partial charge in [-0.3, -0.25) is 28.7 Å². The van der Waals surface area contributed by atoms with Gasteiger partial charge < -0.3 is 5.32 Å². The van der Waals surface area contributed by atoms with Crippen LogP contribution in [-0.4, -0.2) is 40.9 Å². The lowest BCUT2D eigenvalue weighted by atomic mass is 9.84. The van der Waals surface area contributed by atoms with Crippen LogP contribution in [0.1, 0.15) is 21.9 Å². The molecule has 0 bridgehead atoms. The van der Waals surface area contributed by atoms with Crippen LogP contribution < -0.4 is 20.2 Å². The van der Waals surface area contributed by atoms with Crippen LogP contribution in [0.4, 0.5) is 24.5 Å². The molecule has 0 saturated carbocycles. The maximum atomic E-state index is 13.9. The smallest absolute Gasteiger partial charge is 0.325 e. The molecule has 3 N–H and O–H groups in total. The maximum Gasteiger partial charge on any atom is 0.416 e. The Bertz CT molecular complexity index is 2010. The molecule has 2 aliphatic rings. The highest BCUT2D eigenvalue weighted by Crippen LogP contribution is 2.54. The molecule has 1 fully saturated rings. The third kappa shape index (κ3) is 5.67. The highest BCUT2D eigenvalue weighted by atomic mass is 32.2. The Morgan fingerprint density at radius 1 is 1.02 bits per heavy atom. The summed E-state index contributed by atoms with van der Waals surface area (Å²) in [5.41, 5.74) is -0.508. The second-order valence-corrected chi connectivity index (χ2v) is 13.8. The van der Waals surface area contributed by atoms with E-state index in [1.807, 2.05) is 0 Å². The highest BCUT2D eigenvalue weighted by molar-refractivity contribution is 8.00. The zero-order valence-corrected chi connectivity index (χ0v) is 25.0. The molecule has 4 aromatic rings. The van der Waals surface area contributed by atoms with E-state index >= 15 is 0 Å². The Kier molecular flexibility index (Phi) is 7.67. The van der Waals surface area contributed by atoms with E-state index in [1.54, 1.807) is 12.1 Å². The molecule has 3 unspecified atom stereocenters. The average Bonchev–Trinajstić information content (AvgIpc) is 3.43. The number of halogens is 3. The molecule has 2 aromatic carbocycles. The minimum atomic E-state index is -4.70. The molecule has 3 atom stereocenters. The number of pyridine rings is 1. The Morgan fingerprint density at radius 3 is 2.40 bits per heavy atom. The first kappa shape index (κ1) is 30.7. The van der Waals surface area contributed by atoms with Crippen LogP contribution in [0.5, 0.6) is 0 Å². The molecule has 3 amide bonds. The standard InChI is InChI=1S/C28H20F3N5O6S3/c29-28(30,31)15-4-1-5-17(11-15)36-24(38)21-20(14-3-2-10-33-12-14)23-26(43-22(21)25(36)39)35(27(40)44-23)13-19(37)34-16-6-8-18(9-7-16)45(32,41)42/h1-12,20-22H,13H2,(H,34,37)(H2,32,41,42). The van der Waals surface area contributed by atoms with Crippen LogP contribution in [0.25, 0.3) is 0 Å². The van der Waals surface area contributed by atoms with Crippen LogP contribution in [0.3, 0.4) is 0 Å². The summed E-state index contributed by atoms with van der Waals surface area (Å²) in [5.74, 6) is -4.02. The van der Waals surface area contributed by atoms with Gasteiger partial charge >= 0.3 is 11.0 Å². The van der Waals surface area contributed by atoms with Crippen molar-refractivity contribution < 1.29 is 36.0 Å². The van der Waals surface area contributed by atoms with E-state index in [-0.39, 0.29) is 21.3 Å². The molecule has 232 valence electrons. The molecule has 0 aliphatic carbocycles. The lowest BCUT2D eigenvalue weighted by Crippen LogP contribution is -2.33. The van der Waals surface area contributed by atoms with E-state index < -0.39 is 68.0 Å². The molecule has 6 rings (SSSR count). The number of fused-ring (bicyclic) bond motifs is 2. The number of carbonyl (C=O) groups is 3. The summed E-state index contributed by atoms with van der Waals surface area (Å²) in [6.45, 7) is -0.481. The number of thiazole rings is 1. The number of nitrogens with one attached hydrogen (secondary N) is 1. The number of carbonyl (C=O) groups excluding carboxylic acids is 3. The number of benzene rings is 2. The first-order valence-electron chi connectivity index (χ1n) is 13.0. The van der Waals surface area contributed by atoms with Crippen molar-refractivity contribution in [2.45, 2.75) is 33.8 Å². The van der Waals surface area contributed by atoms with Gasteiger partial charge in [-0.15, -0.1) is 0 Å². The molecule has 4 heterocycles. The number of aromatic nitrogens is 2. The zero-order valence-electron chi connectivity index (χ0n) is 22.6. The van der Waals surface area contributed by atoms with Gasteiger partial charge in [-0.2, -0.15) is 13.2 Å². The van der Waals surface area contributed by atoms with E-state index in [1.165, 1.54) is 47.3 Å². The van der Waals surface area contributed by atoms with Gasteiger partial charge in [0.25, 0.3) is 0 Å². The number of nitrogens with two attached hydrogens (primary N) is 1. The molecule has 1 saturated heterocycles. The van der Waals surface area contributed by atoms with Crippen LogP contribution in [0.2, 0.25) is 0 Å². The second kappa shape index (κ2) is 11.2. The number of imide groups is 1. The molecule has 2 aromatic heterocycles. The highest BCUT2D eigenvalue weighted by Gasteiger charge is 2.57. The normalized spacial score (nSPS) is 19.7. The van der Waals surface area contributed by atoms with Crippen molar-refractivity contribution in [1.82, 2.24) is 9.55 Å². The Labute approximate surface area is 260 Å². The summed E-state index contributed by atoms with van der Waals surface area (Å²) in [6.07, 6.45) is -1.71. The minimum absolute atomic E-state index is 0.161. The van der Waals surface area contributed by atoms with Gasteiger partial charge in [0.15, 0.2) is 0 Å². The number of amides is 3. The van der Waals surface area contributed by atoms with Gasteiger partial charge in [-0.25, -0.2) is 18.5 Å². The lowest BCUT2D eigenvalue weighted by Gasteiger charge is -2.30. The Balaban J connectivity index is 1.36.